The number of carbonyl (C=O) groups excluding carboxylic acids is 1. The van der Waals surface area contributed by atoms with Crippen molar-refractivity contribution in [3.63, 3.8) is 0 Å². The van der Waals surface area contributed by atoms with Crippen LogP contribution in [0.5, 0.6) is 0 Å². The Hall–Kier alpha value is -2.10. The summed E-state index contributed by atoms with van der Waals surface area (Å²) in [6, 6.07) is 10.5. The SMILES string of the molecule is CC(C)(C)OC(=O)NCCCCCCc1cc2ccccc2cn1. The quantitative estimate of drug-likeness (QED) is 0.738. The van der Waals surface area contributed by atoms with E-state index >= 15 is 0 Å². The first-order valence-corrected chi connectivity index (χ1v) is 8.74. The second kappa shape index (κ2) is 8.67. The number of alkyl carbamates (subject to hydrolysis) is 1. The van der Waals surface area contributed by atoms with Gasteiger partial charge in [0.25, 0.3) is 0 Å². The van der Waals surface area contributed by atoms with Crippen molar-refractivity contribution in [3.05, 3.63) is 42.2 Å². The summed E-state index contributed by atoms with van der Waals surface area (Å²) in [6.07, 6.45) is 6.97. The van der Waals surface area contributed by atoms with Gasteiger partial charge in [0.05, 0.1) is 0 Å². The summed E-state index contributed by atoms with van der Waals surface area (Å²) in [4.78, 5) is 16.0. The van der Waals surface area contributed by atoms with Crippen molar-refractivity contribution < 1.29 is 9.53 Å². The predicted molar refractivity (Wildman–Crippen MR) is 98.2 cm³/mol. The van der Waals surface area contributed by atoms with Crippen LogP contribution in [0.2, 0.25) is 0 Å². The second-order valence-electron chi connectivity index (χ2n) is 7.12. The van der Waals surface area contributed by atoms with E-state index in [0.29, 0.717) is 6.54 Å². The van der Waals surface area contributed by atoms with Gasteiger partial charge in [0.2, 0.25) is 0 Å². The third-order valence-electron chi connectivity index (χ3n) is 3.72. The molecule has 0 atom stereocenters. The average Bonchev–Trinajstić information content (AvgIpc) is 2.52. The number of fused-ring (bicyclic) bond motifs is 1. The van der Waals surface area contributed by atoms with Crippen LogP contribution in [0.3, 0.4) is 0 Å². The van der Waals surface area contributed by atoms with E-state index in [1.807, 2.05) is 33.0 Å². The Labute approximate surface area is 144 Å². The fraction of sp³-hybridized carbons (Fsp3) is 0.500. The number of ether oxygens (including phenoxy) is 1. The molecule has 1 heterocycles. The van der Waals surface area contributed by atoms with Crippen LogP contribution in [-0.2, 0) is 11.2 Å². The predicted octanol–water partition coefficient (Wildman–Crippen LogP) is 4.86. The van der Waals surface area contributed by atoms with Crippen LogP contribution in [0.15, 0.2) is 36.5 Å². The van der Waals surface area contributed by atoms with Crippen molar-refractivity contribution in [2.45, 2.75) is 58.5 Å². The van der Waals surface area contributed by atoms with Gasteiger partial charge < -0.3 is 10.1 Å². The van der Waals surface area contributed by atoms with Crippen molar-refractivity contribution >= 4 is 16.9 Å². The highest BCUT2D eigenvalue weighted by molar-refractivity contribution is 5.81. The molecule has 0 aliphatic rings. The zero-order chi connectivity index (χ0) is 17.4. The molecule has 4 heteroatoms. The Balaban J connectivity index is 1.58. The molecule has 0 aliphatic heterocycles. The Morgan fingerprint density at radius 1 is 1.08 bits per heavy atom. The van der Waals surface area contributed by atoms with E-state index in [-0.39, 0.29) is 6.09 Å². The molecule has 0 unspecified atom stereocenters. The Morgan fingerprint density at radius 3 is 2.54 bits per heavy atom. The van der Waals surface area contributed by atoms with Crippen LogP contribution in [-0.4, -0.2) is 23.2 Å². The molecule has 24 heavy (non-hydrogen) atoms. The van der Waals surface area contributed by atoms with Crippen LogP contribution in [0.1, 0.15) is 52.1 Å². The number of hydrogen-bond donors (Lipinski definition) is 1. The number of benzene rings is 1. The van der Waals surface area contributed by atoms with E-state index in [4.69, 9.17) is 4.74 Å². The molecular formula is C20H28N2O2. The minimum Gasteiger partial charge on any atom is -0.444 e. The lowest BCUT2D eigenvalue weighted by atomic mass is 10.1. The smallest absolute Gasteiger partial charge is 0.407 e. The highest BCUT2D eigenvalue weighted by Gasteiger charge is 2.15. The van der Waals surface area contributed by atoms with E-state index in [2.05, 4.69) is 34.6 Å². The zero-order valence-electron chi connectivity index (χ0n) is 15.0. The maximum Gasteiger partial charge on any atom is 0.407 e. The number of pyridine rings is 1. The van der Waals surface area contributed by atoms with Gasteiger partial charge in [0, 0.05) is 23.8 Å². The number of nitrogens with one attached hydrogen (secondary N) is 1. The maximum absolute atomic E-state index is 11.5. The number of aryl methyl sites for hydroxylation is 1. The monoisotopic (exact) mass is 328 g/mol. The third kappa shape index (κ3) is 6.57. The molecule has 1 aromatic carbocycles. The molecule has 0 radical (unpaired) electrons. The number of nitrogens with zero attached hydrogens (tertiary/aromatic N) is 1. The molecule has 130 valence electrons. The molecule has 0 fully saturated rings. The normalized spacial score (nSPS) is 11.5. The van der Waals surface area contributed by atoms with Gasteiger partial charge in [0.15, 0.2) is 0 Å². The van der Waals surface area contributed by atoms with Gasteiger partial charge in [-0.25, -0.2) is 4.79 Å². The van der Waals surface area contributed by atoms with Gasteiger partial charge in [-0.1, -0.05) is 37.1 Å². The maximum atomic E-state index is 11.5. The van der Waals surface area contributed by atoms with Crippen molar-refractivity contribution in [3.8, 4) is 0 Å². The van der Waals surface area contributed by atoms with E-state index in [9.17, 15) is 4.79 Å². The Morgan fingerprint density at radius 2 is 1.79 bits per heavy atom. The van der Waals surface area contributed by atoms with Gasteiger partial charge in [-0.2, -0.15) is 0 Å². The summed E-state index contributed by atoms with van der Waals surface area (Å²) < 4.78 is 5.20. The molecule has 2 aromatic rings. The van der Waals surface area contributed by atoms with Crippen molar-refractivity contribution in [2.75, 3.05) is 6.54 Å². The van der Waals surface area contributed by atoms with Crippen LogP contribution in [0, 0.1) is 0 Å². The summed E-state index contributed by atoms with van der Waals surface area (Å²) in [5.74, 6) is 0. The van der Waals surface area contributed by atoms with Gasteiger partial charge in [-0.3, -0.25) is 4.98 Å². The molecule has 2 rings (SSSR count). The molecule has 1 N–H and O–H groups in total. The third-order valence-corrected chi connectivity index (χ3v) is 3.72. The van der Waals surface area contributed by atoms with E-state index < -0.39 is 5.60 Å². The lowest BCUT2D eigenvalue weighted by molar-refractivity contribution is 0.0527. The van der Waals surface area contributed by atoms with E-state index in [0.717, 1.165) is 37.8 Å². The van der Waals surface area contributed by atoms with Gasteiger partial charge in [0.1, 0.15) is 5.60 Å². The molecule has 0 bridgehead atoms. The molecular weight excluding hydrogens is 300 g/mol. The number of aromatic nitrogens is 1. The van der Waals surface area contributed by atoms with Gasteiger partial charge in [-0.05, 0) is 51.5 Å². The van der Waals surface area contributed by atoms with Gasteiger partial charge >= 0.3 is 6.09 Å². The summed E-state index contributed by atoms with van der Waals surface area (Å²) in [5.41, 5.74) is 0.720. The zero-order valence-corrected chi connectivity index (χ0v) is 15.0. The number of hydrogen-bond acceptors (Lipinski definition) is 3. The lowest BCUT2D eigenvalue weighted by Gasteiger charge is -2.19. The van der Waals surface area contributed by atoms with Crippen LogP contribution >= 0.6 is 0 Å². The van der Waals surface area contributed by atoms with Crippen LogP contribution < -0.4 is 5.32 Å². The average molecular weight is 328 g/mol. The highest BCUT2D eigenvalue weighted by Crippen LogP contribution is 2.15. The van der Waals surface area contributed by atoms with E-state index in [1.165, 1.54) is 10.8 Å². The molecule has 1 aromatic heterocycles. The lowest BCUT2D eigenvalue weighted by Crippen LogP contribution is -2.32. The summed E-state index contributed by atoms with van der Waals surface area (Å²) in [6.45, 7) is 6.28. The Kier molecular flexibility index (Phi) is 6.59. The van der Waals surface area contributed by atoms with Crippen molar-refractivity contribution in [1.82, 2.24) is 10.3 Å². The first-order valence-electron chi connectivity index (χ1n) is 8.74. The number of rotatable bonds is 7. The fourth-order valence-corrected chi connectivity index (χ4v) is 2.56. The standard InChI is InChI=1S/C20H28N2O2/c1-20(2,3)24-19(23)21-13-9-5-4-6-12-18-14-16-10-7-8-11-17(16)15-22-18/h7-8,10-11,14-15H,4-6,9,12-13H2,1-3H3,(H,21,23). The molecule has 1 amide bonds. The minimum atomic E-state index is -0.434. The topological polar surface area (TPSA) is 51.2 Å². The molecule has 0 aliphatic carbocycles. The first kappa shape index (κ1) is 18.2. The van der Waals surface area contributed by atoms with Gasteiger partial charge in [-0.15, -0.1) is 0 Å². The number of amides is 1. The van der Waals surface area contributed by atoms with Crippen molar-refractivity contribution in [1.29, 1.82) is 0 Å². The number of carbonyl (C=O) groups is 1. The minimum absolute atomic E-state index is 0.331. The number of unbranched alkanes of at least 4 members (excludes halogenated alkanes) is 3. The van der Waals surface area contributed by atoms with Crippen molar-refractivity contribution in [2.24, 2.45) is 0 Å². The summed E-state index contributed by atoms with van der Waals surface area (Å²) in [5, 5.41) is 5.24. The largest absolute Gasteiger partial charge is 0.444 e. The second-order valence-corrected chi connectivity index (χ2v) is 7.12. The molecule has 0 saturated heterocycles. The molecule has 0 spiro atoms. The molecule has 0 saturated carbocycles. The fourth-order valence-electron chi connectivity index (χ4n) is 2.56. The summed E-state index contributed by atoms with van der Waals surface area (Å²) >= 11 is 0. The summed E-state index contributed by atoms with van der Waals surface area (Å²) in [7, 11) is 0. The van der Waals surface area contributed by atoms with Crippen LogP contribution in [0.4, 0.5) is 4.79 Å². The molecule has 4 nitrogen and oxygen atoms in total. The highest BCUT2D eigenvalue weighted by atomic mass is 16.6. The Bertz CT molecular complexity index is 662. The van der Waals surface area contributed by atoms with Crippen LogP contribution in [0.25, 0.3) is 10.8 Å². The van der Waals surface area contributed by atoms with E-state index in [1.54, 1.807) is 0 Å². The first-order chi connectivity index (χ1) is 11.4.